The Hall–Kier alpha value is -1.97. The molecule has 0 aromatic heterocycles. The molecule has 0 aliphatic carbocycles. The highest BCUT2D eigenvalue weighted by molar-refractivity contribution is 9.10. The summed E-state index contributed by atoms with van der Waals surface area (Å²) in [6.45, 7) is 3.30. The number of halogens is 2. The van der Waals surface area contributed by atoms with E-state index in [2.05, 4.69) is 52.4 Å². The first-order valence-corrected chi connectivity index (χ1v) is 9.24. The molecule has 3 rings (SSSR count). The molecule has 0 radical (unpaired) electrons. The van der Waals surface area contributed by atoms with Gasteiger partial charge in [-0.1, -0.05) is 57.9 Å². The van der Waals surface area contributed by atoms with Gasteiger partial charge < -0.3 is 10.1 Å². The monoisotopic (exact) mass is 415 g/mol. The van der Waals surface area contributed by atoms with Crippen molar-refractivity contribution < 1.29 is 4.74 Å². The van der Waals surface area contributed by atoms with Crippen LogP contribution in [0.1, 0.15) is 16.7 Å². The zero-order chi connectivity index (χ0) is 17.6. The minimum Gasteiger partial charge on any atom is -0.489 e. The van der Waals surface area contributed by atoms with Crippen molar-refractivity contribution in [2.24, 2.45) is 0 Å². The summed E-state index contributed by atoms with van der Waals surface area (Å²) in [5, 5.41) is 4.20. The summed E-state index contributed by atoms with van der Waals surface area (Å²) >= 11 is 9.66. The lowest BCUT2D eigenvalue weighted by Crippen LogP contribution is -2.02. The molecule has 128 valence electrons. The third-order valence-corrected chi connectivity index (χ3v) is 4.78. The van der Waals surface area contributed by atoms with Gasteiger partial charge in [-0.2, -0.15) is 0 Å². The van der Waals surface area contributed by atoms with E-state index in [-0.39, 0.29) is 0 Å². The summed E-state index contributed by atoms with van der Waals surface area (Å²) < 4.78 is 6.98. The number of nitrogens with one attached hydrogen (secondary N) is 1. The molecule has 0 amide bonds. The molecule has 3 aromatic carbocycles. The largest absolute Gasteiger partial charge is 0.489 e. The van der Waals surface area contributed by atoms with Gasteiger partial charge in [0.05, 0.1) is 0 Å². The zero-order valence-corrected chi connectivity index (χ0v) is 16.3. The van der Waals surface area contributed by atoms with Crippen LogP contribution in [0.15, 0.2) is 71.2 Å². The summed E-state index contributed by atoms with van der Waals surface area (Å²) in [6, 6.07) is 22.1. The molecule has 0 atom stereocenters. The Labute approximate surface area is 161 Å². The van der Waals surface area contributed by atoms with Gasteiger partial charge in [0.1, 0.15) is 12.4 Å². The third-order valence-electron chi connectivity index (χ3n) is 3.92. The maximum absolute atomic E-state index is 6.17. The fourth-order valence-corrected chi connectivity index (χ4v) is 3.21. The second kappa shape index (κ2) is 8.41. The van der Waals surface area contributed by atoms with Gasteiger partial charge in [-0.15, -0.1) is 0 Å². The van der Waals surface area contributed by atoms with E-state index in [1.165, 1.54) is 11.1 Å². The van der Waals surface area contributed by atoms with Gasteiger partial charge in [0.15, 0.2) is 0 Å². The summed E-state index contributed by atoms with van der Waals surface area (Å²) in [5.41, 5.74) is 4.49. The van der Waals surface area contributed by atoms with Gasteiger partial charge in [-0.25, -0.2) is 0 Å². The molecule has 0 heterocycles. The number of rotatable bonds is 6. The van der Waals surface area contributed by atoms with Gasteiger partial charge in [-0.3, -0.25) is 0 Å². The van der Waals surface area contributed by atoms with E-state index in [9.17, 15) is 0 Å². The minimum atomic E-state index is 0.461. The molecule has 4 heteroatoms. The summed E-state index contributed by atoms with van der Waals surface area (Å²) in [7, 11) is 0. The van der Waals surface area contributed by atoms with Crippen molar-refractivity contribution in [2.75, 3.05) is 5.32 Å². The lowest BCUT2D eigenvalue weighted by atomic mass is 10.1. The molecular weight excluding hydrogens is 398 g/mol. The standard InChI is InChI=1S/C21H19BrClNO/c1-15-11-18(22)9-10-21(15)24-13-16-5-4-7-19(12-16)25-14-17-6-2-3-8-20(17)23/h2-12,24H,13-14H2,1H3. The Morgan fingerprint density at radius 2 is 1.84 bits per heavy atom. The SMILES string of the molecule is Cc1cc(Br)ccc1NCc1cccc(OCc2ccccc2Cl)c1. The van der Waals surface area contributed by atoms with Crippen LogP contribution < -0.4 is 10.1 Å². The fourth-order valence-electron chi connectivity index (χ4n) is 2.54. The van der Waals surface area contributed by atoms with E-state index < -0.39 is 0 Å². The maximum atomic E-state index is 6.17. The smallest absolute Gasteiger partial charge is 0.120 e. The Balaban J connectivity index is 1.62. The lowest BCUT2D eigenvalue weighted by Gasteiger charge is -2.12. The molecule has 25 heavy (non-hydrogen) atoms. The van der Waals surface area contributed by atoms with Crippen LogP contribution in [0.5, 0.6) is 5.75 Å². The Bertz CT molecular complexity index is 866. The molecule has 0 aliphatic heterocycles. The van der Waals surface area contributed by atoms with E-state index in [4.69, 9.17) is 16.3 Å². The zero-order valence-electron chi connectivity index (χ0n) is 13.9. The Kier molecular flexibility index (Phi) is 6.00. The van der Waals surface area contributed by atoms with Crippen molar-refractivity contribution in [2.45, 2.75) is 20.1 Å². The molecule has 0 fully saturated rings. The quantitative estimate of drug-likeness (QED) is 0.488. The molecule has 0 saturated heterocycles. The molecule has 0 aliphatic rings. The molecule has 0 bridgehead atoms. The normalized spacial score (nSPS) is 10.5. The van der Waals surface area contributed by atoms with E-state index in [0.717, 1.165) is 33.0 Å². The minimum absolute atomic E-state index is 0.461. The van der Waals surface area contributed by atoms with Crippen LogP contribution in [0, 0.1) is 6.92 Å². The van der Waals surface area contributed by atoms with Crippen LogP contribution in [0.4, 0.5) is 5.69 Å². The van der Waals surface area contributed by atoms with E-state index in [0.29, 0.717) is 6.61 Å². The van der Waals surface area contributed by atoms with Gasteiger partial charge in [0.2, 0.25) is 0 Å². The second-order valence-electron chi connectivity index (χ2n) is 5.84. The van der Waals surface area contributed by atoms with Crippen LogP contribution >= 0.6 is 27.5 Å². The van der Waals surface area contributed by atoms with Crippen LogP contribution in [0.2, 0.25) is 5.02 Å². The van der Waals surface area contributed by atoms with Crippen molar-refractivity contribution >= 4 is 33.2 Å². The van der Waals surface area contributed by atoms with E-state index in [1.807, 2.05) is 42.5 Å². The average molecular weight is 417 g/mol. The predicted molar refractivity (Wildman–Crippen MR) is 108 cm³/mol. The average Bonchev–Trinajstić information content (AvgIpc) is 2.61. The van der Waals surface area contributed by atoms with Crippen molar-refractivity contribution in [3.05, 3.63) is 92.9 Å². The van der Waals surface area contributed by atoms with Crippen molar-refractivity contribution in [3.8, 4) is 5.75 Å². The molecule has 0 saturated carbocycles. The highest BCUT2D eigenvalue weighted by atomic mass is 79.9. The first-order valence-electron chi connectivity index (χ1n) is 8.07. The highest BCUT2D eigenvalue weighted by Crippen LogP contribution is 2.22. The van der Waals surface area contributed by atoms with Crippen LogP contribution in [0.3, 0.4) is 0 Å². The van der Waals surface area contributed by atoms with Crippen LogP contribution in [0.25, 0.3) is 0 Å². The third kappa shape index (κ3) is 5.00. The fraction of sp³-hybridized carbons (Fsp3) is 0.143. The number of anilines is 1. The molecule has 3 aromatic rings. The summed E-state index contributed by atoms with van der Waals surface area (Å²) in [5.74, 6) is 0.840. The van der Waals surface area contributed by atoms with E-state index >= 15 is 0 Å². The van der Waals surface area contributed by atoms with Crippen molar-refractivity contribution in [1.82, 2.24) is 0 Å². The van der Waals surface area contributed by atoms with Crippen LogP contribution in [-0.2, 0) is 13.2 Å². The summed E-state index contributed by atoms with van der Waals surface area (Å²) in [4.78, 5) is 0. The highest BCUT2D eigenvalue weighted by Gasteiger charge is 2.03. The first kappa shape index (κ1) is 17.8. The van der Waals surface area contributed by atoms with Crippen molar-refractivity contribution in [3.63, 3.8) is 0 Å². The summed E-state index contributed by atoms with van der Waals surface area (Å²) in [6.07, 6.45) is 0. The Morgan fingerprint density at radius 3 is 2.64 bits per heavy atom. The second-order valence-corrected chi connectivity index (χ2v) is 7.16. The van der Waals surface area contributed by atoms with Crippen molar-refractivity contribution in [1.29, 1.82) is 0 Å². The van der Waals surface area contributed by atoms with Gasteiger partial charge in [0, 0.05) is 27.3 Å². The lowest BCUT2D eigenvalue weighted by molar-refractivity contribution is 0.306. The number of aryl methyl sites for hydroxylation is 1. The van der Waals surface area contributed by atoms with Crippen LogP contribution in [-0.4, -0.2) is 0 Å². The molecular formula is C21H19BrClNO. The van der Waals surface area contributed by atoms with Gasteiger partial charge in [-0.05, 0) is 54.4 Å². The molecule has 1 N–H and O–H groups in total. The number of hydrogen-bond acceptors (Lipinski definition) is 2. The molecule has 2 nitrogen and oxygen atoms in total. The molecule has 0 spiro atoms. The first-order chi connectivity index (χ1) is 12.1. The van der Waals surface area contributed by atoms with Gasteiger partial charge >= 0.3 is 0 Å². The number of hydrogen-bond donors (Lipinski definition) is 1. The maximum Gasteiger partial charge on any atom is 0.120 e. The predicted octanol–water partition coefficient (Wildman–Crippen LogP) is 6.60. The van der Waals surface area contributed by atoms with E-state index in [1.54, 1.807) is 0 Å². The Morgan fingerprint density at radius 1 is 1.00 bits per heavy atom. The topological polar surface area (TPSA) is 21.3 Å². The number of ether oxygens (including phenoxy) is 1. The molecule has 0 unspecified atom stereocenters. The number of benzene rings is 3. The van der Waals surface area contributed by atoms with Gasteiger partial charge in [0.25, 0.3) is 0 Å².